The van der Waals surface area contributed by atoms with Crippen molar-refractivity contribution in [2.75, 3.05) is 20.1 Å². The summed E-state index contributed by atoms with van der Waals surface area (Å²) in [5.41, 5.74) is 2.28. The van der Waals surface area contributed by atoms with E-state index in [0.29, 0.717) is 18.0 Å². The quantitative estimate of drug-likeness (QED) is 0.896. The predicted octanol–water partition coefficient (Wildman–Crippen LogP) is 1.46. The van der Waals surface area contributed by atoms with Gasteiger partial charge in [0.25, 0.3) is 5.91 Å². The Labute approximate surface area is 130 Å². The lowest BCUT2D eigenvalue weighted by atomic mass is 10.1. The van der Waals surface area contributed by atoms with Crippen LogP contribution in [0.3, 0.4) is 0 Å². The van der Waals surface area contributed by atoms with Crippen LogP contribution in [0.5, 0.6) is 0 Å². The Morgan fingerprint density at radius 2 is 2.36 bits per heavy atom. The molecule has 3 rings (SSSR count). The first kappa shape index (κ1) is 14.7. The highest BCUT2D eigenvalue weighted by atomic mass is 16.1. The van der Waals surface area contributed by atoms with E-state index in [2.05, 4.69) is 32.2 Å². The lowest BCUT2D eigenvalue weighted by molar-refractivity contribution is 0.0949. The summed E-state index contributed by atoms with van der Waals surface area (Å²) in [6.07, 6.45) is 4.63. The molecule has 1 aliphatic heterocycles. The Balaban J connectivity index is 1.59. The molecule has 22 heavy (non-hydrogen) atoms. The molecule has 1 amide bonds. The molecule has 1 fully saturated rings. The number of H-pyrrole nitrogens is 1. The van der Waals surface area contributed by atoms with Gasteiger partial charge < -0.3 is 15.2 Å². The summed E-state index contributed by atoms with van der Waals surface area (Å²) in [5, 5.41) is 2.91. The third-order valence-electron chi connectivity index (χ3n) is 4.12. The molecule has 0 aliphatic carbocycles. The van der Waals surface area contributed by atoms with E-state index in [4.69, 9.17) is 0 Å². The van der Waals surface area contributed by atoms with E-state index >= 15 is 0 Å². The molecule has 2 aromatic heterocycles. The average molecular weight is 299 g/mol. The fraction of sp³-hybridized carbons (Fsp3) is 0.438. The molecule has 1 atom stereocenters. The number of hydrogen-bond acceptors (Lipinski definition) is 4. The van der Waals surface area contributed by atoms with Crippen LogP contribution >= 0.6 is 0 Å². The molecule has 1 unspecified atom stereocenters. The topological polar surface area (TPSA) is 73.9 Å². The molecule has 3 heterocycles. The second-order valence-electron chi connectivity index (χ2n) is 5.86. The van der Waals surface area contributed by atoms with Crippen LogP contribution in [-0.4, -0.2) is 45.9 Å². The molecule has 0 spiro atoms. The fourth-order valence-electron chi connectivity index (χ4n) is 2.83. The summed E-state index contributed by atoms with van der Waals surface area (Å²) >= 11 is 0. The van der Waals surface area contributed by atoms with E-state index in [9.17, 15) is 4.79 Å². The Kier molecular flexibility index (Phi) is 4.20. The van der Waals surface area contributed by atoms with E-state index in [1.54, 1.807) is 18.3 Å². The van der Waals surface area contributed by atoms with Crippen molar-refractivity contribution in [3.63, 3.8) is 0 Å². The summed E-state index contributed by atoms with van der Waals surface area (Å²) in [7, 11) is 2.13. The number of aromatic nitrogens is 3. The zero-order valence-corrected chi connectivity index (χ0v) is 13.0. The maximum atomic E-state index is 12.2. The van der Waals surface area contributed by atoms with Crippen LogP contribution in [0, 0.1) is 6.92 Å². The molecule has 1 saturated heterocycles. The number of amides is 1. The SMILES string of the molecule is Cc1ncccc1C(=O)NCc1cnc(C2CCN(C)C2)[nH]1. The maximum absolute atomic E-state index is 12.2. The molecular weight excluding hydrogens is 278 g/mol. The van der Waals surface area contributed by atoms with Crippen LogP contribution in [-0.2, 0) is 6.54 Å². The molecule has 116 valence electrons. The van der Waals surface area contributed by atoms with Crippen LogP contribution in [0.15, 0.2) is 24.5 Å². The number of pyridine rings is 1. The van der Waals surface area contributed by atoms with Crippen molar-refractivity contribution in [3.8, 4) is 0 Å². The number of aromatic amines is 1. The minimum absolute atomic E-state index is 0.109. The zero-order chi connectivity index (χ0) is 15.5. The second kappa shape index (κ2) is 6.27. The zero-order valence-electron chi connectivity index (χ0n) is 13.0. The number of likely N-dealkylation sites (N-methyl/N-ethyl adjacent to an activating group) is 1. The Bertz CT molecular complexity index is 666. The normalized spacial score (nSPS) is 18.5. The molecule has 2 aromatic rings. The average Bonchev–Trinajstić information content (AvgIpc) is 3.14. The maximum Gasteiger partial charge on any atom is 0.253 e. The van der Waals surface area contributed by atoms with Gasteiger partial charge in [-0.3, -0.25) is 9.78 Å². The number of carbonyl (C=O) groups is 1. The molecular formula is C16H21N5O. The molecule has 0 radical (unpaired) electrons. The van der Waals surface area contributed by atoms with Gasteiger partial charge in [0, 0.05) is 24.4 Å². The van der Waals surface area contributed by atoms with Crippen molar-refractivity contribution in [1.82, 2.24) is 25.2 Å². The third-order valence-corrected chi connectivity index (χ3v) is 4.12. The lowest BCUT2D eigenvalue weighted by Crippen LogP contribution is -2.24. The van der Waals surface area contributed by atoms with Gasteiger partial charge in [0.15, 0.2) is 0 Å². The lowest BCUT2D eigenvalue weighted by Gasteiger charge is -2.07. The number of likely N-dealkylation sites (tertiary alicyclic amines) is 1. The van der Waals surface area contributed by atoms with Gasteiger partial charge in [-0.1, -0.05) is 0 Å². The molecule has 6 nitrogen and oxygen atoms in total. The number of nitrogens with zero attached hydrogens (tertiary/aromatic N) is 3. The third kappa shape index (κ3) is 3.17. The second-order valence-corrected chi connectivity index (χ2v) is 5.86. The number of hydrogen-bond donors (Lipinski definition) is 2. The predicted molar refractivity (Wildman–Crippen MR) is 83.6 cm³/mol. The Hall–Kier alpha value is -2.21. The van der Waals surface area contributed by atoms with Crippen LogP contribution in [0.2, 0.25) is 0 Å². The minimum Gasteiger partial charge on any atom is -0.346 e. The van der Waals surface area contributed by atoms with Crippen molar-refractivity contribution in [2.24, 2.45) is 0 Å². The van der Waals surface area contributed by atoms with Crippen LogP contribution in [0.25, 0.3) is 0 Å². The standard InChI is InChI=1S/C16H21N5O/c1-11-14(4-3-6-17-11)16(22)19-9-13-8-18-15(20-13)12-5-7-21(2)10-12/h3-4,6,8,12H,5,7,9-10H2,1-2H3,(H,18,20)(H,19,22). The van der Waals surface area contributed by atoms with Gasteiger partial charge in [0.05, 0.1) is 24.0 Å². The van der Waals surface area contributed by atoms with Crippen molar-refractivity contribution in [3.05, 3.63) is 47.3 Å². The Morgan fingerprint density at radius 3 is 3.09 bits per heavy atom. The number of carbonyl (C=O) groups excluding carboxylic acids is 1. The van der Waals surface area contributed by atoms with E-state index < -0.39 is 0 Å². The van der Waals surface area contributed by atoms with Gasteiger partial charge in [-0.05, 0) is 39.1 Å². The van der Waals surface area contributed by atoms with E-state index in [-0.39, 0.29) is 5.91 Å². The molecule has 0 saturated carbocycles. The highest BCUT2D eigenvalue weighted by molar-refractivity contribution is 5.95. The van der Waals surface area contributed by atoms with Crippen molar-refractivity contribution in [2.45, 2.75) is 25.8 Å². The first-order valence-electron chi connectivity index (χ1n) is 7.55. The first-order chi connectivity index (χ1) is 10.6. The largest absolute Gasteiger partial charge is 0.346 e. The van der Waals surface area contributed by atoms with E-state index in [1.807, 2.05) is 13.1 Å². The summed E-state index contributed by atoms with van der Waals surface area (Å²) in [5.74, 6) is 1.38. The van der Waals surface area contributed by atoms with Crippen molar-refractivity contribution >= 4 is 5.91 Å². The first-order valence-corrected chi connectivity index (χ1v) is 7.55. The highest BCUT2D eigenvalue weighted by Gasteiger charge is 2.23. The van der Waals surface area contributed by atoms with Crippen molar-refractivity contribution < 1.29 is 4.79 Å². The molecule has 0 bridgehead atoms. The Morgan fingerprint density at radius 1 is 1.50 bits per heavy atom. The van der Waals surface area contributed by atoms with Gasteiger partial charge in [-0.25, -0.2) is 4.98 Å². The van der Waals surface area contributed by atoms with E-state index in [1.165, 1.54) is 0 Å². The fourth-order valence-corrected chi connectivity index (χ4v) is 2.83. The number of rotatable bonds is 4. The monoisotopic (exact) mass is 299 g/mol. The molecule has 2 N–H and O–H groups in total. The molecule has 6 heteroatoms. The van der Waals surface area contributed by atoms with Crippen molar-refractivity contribution in [1.29, 1.82) is 0 Å². The number of aryl methyl sites for hydroxylation is 1. The van der Waals surface area contributed by atoms with Gasteiger partial charge in [0.1, 0.15) is 5.82 Å². The smallest absolute Gasteiger partial charge is 0.253 e. The number of nitrogens with one attached hydrogen (secondary N) is 2. The van der Waals surface area contributed by atoms with Gasteiger partial charge in [-0.15, -0.1) is 0 Å². The highest BCUT2D eigenvalue weighted by Crippen LogP contribution is 2.23. The minimum atomic E-state index is -0.109. The van der Waals surface area contributed by atoms with E-state index in [0.717, 1.165) is 36.7 Å². The molecule has 0 aromatic carbocycles. The van der Waals surface area contributed by atoms with Gasteiger partial charge in [-0.2, -0.15) is 0 Å². The number of imidazole rings is 1. The van der Waals surface area contributed by atoms with Crippen LogP contribution in [0.1, 0.15) is 39.9 Å². The summed E-state index contributed by atoms with van der Waals surface area (Å²) in [6.45, 7) is 4.43. The summed E-state index contributed by atoms with van der Waals surface area (Å²) in [4.78, 5) is 26.4. The molecule has 1 aliphatic rings. The van der Waals surface area contributed by atoms with Crippen LogP contribution in [0.4, 0.5) is 0 Å². The van der Waals surface area contributed by atoms with Crippen LogP contribution < -0.4 is 5.32 Å². The summed E-state index contributed by atoms with van der Waals surface area (Å²) in [6, 6.07) is 3.55. The van der Waals surface area contributed by atoms with Gasteiger partial charge >= 0.3 is 0 Å². The summed E-state index contributed by atoms with van der Waals surface area (Å²) < 4.78 is 0. The van der Waals surface area contributed by atoms with Gasteiger partial charge in [0.2, 0.25) is 0 Å².